The second-order valence-electron chi connectivity index (χ2n) is 7.33. The normalized spacial score (nSPS) is 10.9. The zero-order valence-corrected chi connectivity index (χ0v) is 18.9. The number of furan rings is 1. The third-order valence-corrected chi connectivity index (χ3v) is 5.16. The number of aryl methyl sites for hydroxylation is 2. The molecule has 0 aliphatic carbocycles. The van der Waals surface area contributed by atoms with Crippen LogP contribution in [0.4, 0.5) is 5.95 Å². The molecule has 7 nitrogen and oxygen atoms in total. The van der Waals surface area contributed by atoms with E-state index in [1.165, 1.54) is 6.33 Å². The number of halogens is 2. The Morgan fingerprint density at radius 1 is 1.09 bits per heavy atom. The first-order valence-electron chi connectivity index (χ1n) is 9.80. The fourth-order valence-electron chi connectivity index (χ4n) is 3.16. The van der Waals surface area contributed by atoms with E-state index in [2.05, 4.69) is 21.5 Å². The molecular weight excluding hydrogens is 451 g/mol. The van der Waals surface area contributed by atoms with Crippen LogP contribution in [0.15, 0.2) is 59.3 Å². The van der Waals surface area contributed by atoms with Gasteiger partial charge in [-0.1, -0.05) is 35.3 Å². The first-order valence-corrected chi connectivity index (χ1v) is 10.6. The highest BCUT2D eigenvalue weighted by Gasteiger charge is 2.14. The number of nitrogens with one attached hydrogen (secondary N) is 1. The van der Waals surface area contributed by atoms with Gasteiger partial charge in [0, 0.05) is 10.0 Å². The first kappa shape index (κ1) is 21.9. The van der Waals surface area contributed by atoms with E-state index in [4.69, 9.17) is 32.4 Å². The molecule has 0 aliphatic rings. The van der Waals surface area contributed by atoms with Crippen molar-refractivity contribution in [2.75, 3.05) is 5.32 Å². The second-order valence-corrected chi connectivity index (χ2v) is 8.18. The summed E-state index contributed by atoms with van der Waals surface area (Å²) < 4.78 is 12.9. The molecule has 32 heavy (non-hydrogen) atoms. The van der Waals surface area contributed by atoms with Gasteiger partial charge in [-0.25, -0.2) is 9.67 Å². The molecule has 4 rings (SSSR count). The van der Waals surface area contributed by atoms with E-state index in [1.54, 1.807) is 28.9 Å². The lowest BCUT2D eigenvalue weighted by atomic mass is 10.1. The Kier molecular flexibility index (Phi) is 6.48. The van der Waals surface area contributed by atoms with Crippen molar-refractivity contribution in [1.82, 2.24) is 14.8 Å². The van der Waals surface area contributed by atoms with Gasteiger partial charge in [-0.3, -0.25) is 10.1 Å². The quantitative estimate of drug-likeness (QED) is 0.375. The molecule has 4 aromatic rings. The molecule has 0 saturated carbocycles. The van der Waals surface area contributed by atoms with E-state index in [0.717, 1.165) is 22.4 Å². The number of rotatable bonds is 7. The van der Waals surface area contributed by atoms with Gasteiger partial charge in [0.15, 0.2) is 5.76 Å². The average molecular weight is 471 g/mol. The van der Waals surface area contributed by atoms with Crippen LogP contribution in [-0.4, -0.2) is 20.7 Å². The van der Waals surface area contributed by atoms with Gasteiger partial charge in [-0.05, 0) is 66.9 Å². The molecule has 0 fully saturated rings. The summed E-state index contributed by atoms with van der Waals surface area (Å²) in [7, 11) is 0. The van der Waals surface area contributed by atoms with Crippen molar-refractivity contribution in [2.45, 2.75) is 27.0 Å². The van der Waals surface area contributed by atoms with Crippen molar-refractivity contribution >= 4 is 35.1 Å². The summed E-state index contributed by atoms with van der Waals surface area (Å²) in [5.74, 6) is 1.13. The standard InChI is InChI=1S/C23H20Cl2N4O3/c1-14-7-15(2)9-19(8-14)31-12-18-5-6-21(32-18)22(30)27-23-26-13-29(28-23)11-16-3-4-17(24)10-20(16)25/h3-10,13H,11-12H2,1-2H3,(H,27,28,30). The summed E-state index contributed by atoms with van der Waals surface area (Å²) >= 11 is 12.1. The van der Waals surface area contributed by atoms with Crippen LogP contribution in [0.5, 0.6) is 5.75 Å². The molecule has 2 aromatic heterocycles. The molecule has 2 heterocycles. The van der Waals surface area contributed by atoms with Crippen molar-refractivity contribution in [3.8, 4) is 5.75 Å². The van der Waals surface area contributed by atoms with Gasteiger partial charge in [-0.15, -0.1) is 5.10 Å². The summed E-state index contributed by atoms with van der Waals surface area (Å²) in [5, 5.41) is 7.96. The first-order chi connectivity index (χ1) is 15.4. The summed E-state index contributed by atoms with van der Waals surface area (Å²) in [4.78, 5) is 16.6. The SMILES string of the molecule is Cc1cc(C)cc(OCc2ccc(C(=O)Nc3ncn(Cc4ccc(Cl)cc4Cl)n3)o2)c1. The molecule has 0 spiro atoms. The van der Waals surface area contributed by atoms with E-state index in [-0.39, 0.29) is 18.3 Å². The van der Waals surface area contributed by atoms with Crippen molar-refractivity contribution in [1.29, 1.82) is 0 Å². The molecule has 0 aliphatic heterocycles. The Labute approximate surface area is 194 Å². The summed E-state index contributed by atoms with van der Waals surface area (Å²) in [6, 6.07) is 14.5. The Bertz CT molecular complexity index is 1250. The van der Waals surface area contributed by atoms with Crippen molar-refractivity contribution in [3.05, 3.63) is 93.1 Å². The van der Waals surface area contributed by atoms with Crippen LogP contribution >= 0.6 is 23.2 Å². The van der Waals surface area contributed by atoms with E-state index < -0.39 is 5.91 Å². The minimum atomic E-state index is -0.454. The van der Waals surface area contributed by atoms with Crippen LogP contribution in [0.1, 0.15) is 33.0 Å². The van der Waals surface area contributed by atoms with Crippen LogP contribution in [0, 0.1) is 13.8 Å². The molecule has 9 heteroatoms. The van der Waals surface area contributed by atoms with Gasteiger partial charge in [0.1, 0.15) is 24.4 Å². The lowest BCUT2D eigenvalue weighted by Crippen LogP contribution is -2.12. The van der Waals surface area contributed by atoms with E-state index in [9.17, 15) is 4.79 Å². The van der Waals surface area contributed by atoms with E-state index >= 15 is 0 Å². The number of nitrogens with zero attached hydrogens (tertiary/aromatic N) is 3. The molecule has 1 N–H and O–H groups in total. The number of amides is 1. The third kappa shape index (κ3) is 5.49. The highest BCUT2D eigenvalue weighted by atomic mass is 35.5. The number of anilines is 1. The third-order valence-electron chi connectivity index (χ3n) is 4.57. The minimum absolute atomic E-state index is 0.140. The Hall–Kier alpha value is -3.29. The Morgan fingerprint density at radius 2 is 1.88 bits per heavy atom. The van der Waals surface area contributed by atoms with Crippen LogP contribution in [0.25, 0.3) is 0 Å². The summed E-state index contributed by atoms with van der Waals surface area (Å²) in [6.45, 7) is 4.62. The second kappa shape index (κ2) is 9.46. The largest absolute Gasteiger partial charge is 0.486 e. The highest BCUT2D eigenvalue weighted by molar-refractivity contribution is 6.35. The average Bonchev–Trinajstić information content (AvgIpc) is 3.37. The Balaban J connectivity index is 1.35. The fraction of sp³-hybridized carbons (Fsp3) is 0.174. The summed E-state index contributed by atoms with van der Waals surface area (Å²) in [6.07, 6.45) is 1.51. The Morgan fingerprint density at radius 3 is 2.62 bits per heavy atom. The number of benzene rings is 2. The molecule has 0 bridgehead atoms. The number of carbonyl (C=O) groups excluding carboxylic acids is 1. The number of aromatic nitrogens is 3. The van der Waals surface area contributed by atoms with Crippen LogP contribution in [-0.2, 0) is 13.2 Å². The summed E-state index contributed by atoms with van der Waals surface area (Å²) in [5.41, 5.74) is 3.06. The topological polar surface area (TPSA) is 82.2 Å². The van der Waals surface area contributed by atoms with Crippen molar-refractivity contribution in [3.63, 3.8) is 0 Å². The van der Waals surface area contributed by atoms with Gasteiger partial charge in [0.2, 0.25) is 5.95 Å². The molecule has 0 unspecified atom stereocenters. The monoisotopic (exact) mass is 470 g/mol. The van der Waals surface area contributed by atoms with Crippen LogP contribution in [0.3, 0.4) is 0 Å². The van der Waals surface area contributed by atoms with Crippen molar-refractivity contribution < 1.29 is 13.9 Å². The lowest BCUT2D eigenvalue weighted by Gasteiger charge is -2.06. The van der Waals surface area contributed by atoms with Crippen LogP contribution < -0.4 is 10.1 Å². The maximum Gasteiger partial charge on any atom is 0.293 e. The van der Waals surface area contributed by atoms with Gasteiger partial charge in [-0.2, -0.15) is 0 Å². The zero-order valence-electron chi connectivity index (χ0n) is 17.4. The zero-order chi connectivity index (χ0) is 22.7. The predicted octanol–water partition coefficient (Wildman–Crippen LogP) is 5.67. The van der Waals surface area contributed by atoms with Crippen LogP contribution in [0.2, 0.25) is 10.0 Å². The molecule has 1 amide bonds. The lowest BCUT2D eigenvalue weighted by molar-refractivity contribution is 0.0991. The molecule has 0 atom stereocenters. The number of hydrogen-bond donors (Lipinski definition) is 1. The van der Waals surface area contributed by atoms with E-state index in [1.807, 2.05) is 32.0 Å². The van der Waals surface area contributed by atoms with Gasteiger partial charge in [0.05, 0.1) is 6.54 Å². The molecule has 164 valence electrons. The molecule has 0 saturated heterocycles. The smallest absolute Gasteiger partial charge is 0.293 e. The predicted molar refractivity (Wildman–Crippen MR) is 122 cm³/mol. The van der Waals surface area contributed by atoms with E-state index in [0.29, 0.717) is 22.4 Å². The molecule has 0 radical (unpaired) electrons. The highest BCUT2D eigenvalue weighted by Crippen LogP contribution is 2.22. The maximum absolute atomic E-state index is 12.5. The number of ether oxygens (including phenoxy) is 1. The van der Waals surface area contributed by atoms with Crippen molar-refractivity contribution in [2.24, 2.45) is 0 Å². The van der Waals surface area contributed by atoms with Gasteiger partial charge >= 0.3 is 0 Å². The van der Waals surface area contributed by atoms with Gasteiger partial charge in [0.25, 0.3) is 5.91 Å². The maximum atomic E-state index is 12.5. The molecule has 2 aromatic carbocycles. The fourth-order valence-corrected chi connectivity index (χ4v) is 3.63. The number of hydrogen-bond acceptors (Lipinski definition) is 5. The molecular formula is C23H20Cl2N4O3. The number of carbonyl (C=O) groups is 1. The van der Waals surface area contributed by atoms with Gasteiger partial charge < -0.3 is 9.15 Å². The minimum Gasteiger partial charge on any atom is -0.486 e.